The molecule has 0 aliphatic carbocycles. The molecule has 4 nitrogen and oxygen atoms in total. The Kier molecular flexibility index (Phi) is 4.80. The minimum absolute atomic E-state index is 0.0106. The highest BCUT2D eigenvalue weighted by atomic mass is 16.5. The number of hydrogen-bond acceptors (Lipinski definition) is 4. The Morgan fingerprint density at radius 2 is 1.91 bits per heavy atom. The quantitative estimate of drug-likeness (QED) is 0.793. The van der Waals surface area contributed by atoms with Crippen LogP contribution in [0.3, 0.4) is 0 Å². The smallest absolute Gasteiger partial charge is 0.159 e. The van der Waals surface area contributed by atoms with Crippen molar-refractivity contribution in [1.82, 2.24) is 0 Å². The number of nitrogens with zero attached hydrogens (tertiary/aromatic N) is 2. The number of Topliss-reactive ketones (excluding diaryl/α,β-unsaturated/α-hetero) is 1. The Hall–Kier alpha value is -2.80. The van der Waals surface area contributed by atoms with Crippen molar-refractivity contribution in [3.63, 3.8) is 0 Å². The van der Waals surface area contributed by atoms with Crippen LogP contribution in [-0.2, 0) is 6.54 Å². The van der Waals surface area contributed by atoms with Crippen LogP contribution in [-0.4, -0.2) is 19.9 Å². The van der Waals surface area contributed by atoms with E-state index in [4.69, 9.17) is 4.74 Å². The van der Waals surface area contributed by atoms with Crippen molar-refractivity contribution in [2.75, 3.05) is 19.1 Å². The molecule has 0 N–H and O–H groups in total. The highest BCUT2D eigenvalue weighted by Crippen LogP contribution is 2.23. The summed E-state index contributed by atoms with van der Waals surface area (Å²) in [6, 6.07) is 15.1. The maximum Gasteiger partial charge on any atom is 0.159 e. The van der Waals surface area contributed by atoms with E-state index in [1.165, 1.54) is 6.92 Å². The number of carbonyl (C=O) groups is 1. The average Bonchev–Trinajstić information content (AvgIpc) is 2.54. The minimum atomic E-state index is -0.0106. The lowest BCUT2D eigenvalue weighted by molar-refractivity contribution is 0.101. The van der Waals surface area contributed by atoms with E-state index >= 15 is 0 Å². The molecule has 0 aliphatic rings. The van der Waals surface area contributed by atoms with Gasteiger partial charge in [-0.1, -0.05) is 12.1 Å². The molecule has 2 aromatic rings. The van der Waals surface area contributed by atoms with Gasteiger partial charge in [0.2, 0.25) is 0 Å². The van der Waals surface area contributed by atoms with Gasteiger partial charge in [0.1, 0.15) is 11.8 Å². The van der Waals surface area contributed by atoms with Gasteiger partial charge in [0.15, 0.2) is 5.78 Å². The molecule has 2 aromatic carbocycles. The molecular weight excluding hydrogens is 276 g/mol. The van der Waals surface area contributed by atoms with E-state index in [2.05, 4.69) is 6.07 Å². The van der Waals surface area contributed by atoms with Gasteiger partial charge in [0.05, 0.1) is 18.4 Å². The van der Waals surface area contributed by atoms with E-state index in [1.807, 2.05) is 36.2 Å². The Morgan fingerprint density at radius 3 is 2.45 bits per heavy atom. The van der Waals surface area contributed by atoms with Gasteiger partial charge in [-0.3, -0.25) is 4.79 Å². The van der Waals surface area contributed by atoms with Crippen LogP contribution >= 0.6 is 0 Å². The lowest BCUT2D eigenvalue weighted by Gasteiger charge is -2.21. The third-order valence-corrected chi connectivity index (χ3v) is 3.51. The van der Waals surface area contributed by atoms with Gasteiger partial charge in [0, 0.05) is 19.2 Å². The third-order valence-electron chi connectivity index (χ3n) is 3.51. The summed E-state index contributed by atoms with van der Waals surface area (Å²) in [6.45, 7) is 2.16. The number of hydrogen-bond donors (Lipinski definition) is 0. The maximum atomic E-state index is 11.5. The molecule has 0 aromatic heterocycles. The third kappa shape index (κ3) is 3.44. The first-order valence-corrected chi connectivity index (χ1v) is 6.94. The van der Waals surface area contributed by atoms with Gasteiger partial charge < -0.3 is 9.64 Å². The summed E-state index contributed by atoms with van der Waals surface area (Å²) in [5.74, 6) is 0.797. The summed E-state index contributed by atoms with van der Waals surface area (Å²) >= 11 is 0. The van der Waals surface area contributed by atoms with Crippen LogP contribution in [0.5, 0.6) is 5.75 Å². The standard InChI is InChI=1S/C18H18N2O2/c1-13(21)15-6-7-16(11-19)18(10-15)20(2)12-14-4-8-17(22-3)9-5-14/h4-10H,12H2,1-3H3. The van der Waals surface area contributed by atoms with Crippen LogP contribution < -0.4 is 9.64 Å². The molecule has 0 spiro atoms. The van der Waals surface area contributed by atoms with Crippen LogP contribution in [0.15, 0.2) is 42.5 Å². The van der Waals surface area contributed by atoms with Gasteiger partial charge in [-0.2, -0.15) is 5.26 Å². The summed E-state index contributed by atoms with van der Waals surface area (Å²) in [5, 5.41) is 9.25. The number of ether oxygens (including phenoxy) is 1. The summed E-state index contributed by atoms with van der Waals surface area (Å²) in [4.78, 5) is 13.5. The van der Waals surface area contributed by atoms with Gasteiger partial charge in [0.25, 0.3) is 0 Å². The van der Waals surface area contributed by atoms with Crippen LogP contribution in [0.4, 0.5) is 5.69 Å². The second-order valence-corrected chi connectivity index (χ2v) is 5.10. The zero-order chi connectivity index (χ0) is 16.1. The molecule has 0 amide bonds. The summed E-state index contributed by atoms with van der Waals surface area (Å²) in [5.41, 5.74) is 3.02. The van der Waals surface area contributed by atoms with E-state index < -0.39 is 0 Å². The SMILES string of the molecule is COc1ccc(CN(C)c2cc(C(C)=O)ccc2C#N)cc1. The predicted octanol–water partition coefficient (Wildman–Crippen LogP) is 3.41. The van der Waals surface area contributed by atoms with E-state index in [0.29, 0.717) is 17.7 Å². The second-order valence-electron chi connectivity index (χ2n) is 5.10. The Morgan fingerprint density at radius 1 is 1.23 bits per heavy atom. The van der Waals surface area contributed by atoms with E-state index in [1.54, 1.807) is 25.3 Å². The van der Waals surface area contributed by atoms with Gasteiger partial charge in [-0.15, -0.1) is 0 Å². The molecule has 0 fully saturated rings. The van der Waals surface area contributed by atoms with Crippen molar-refractivity contribution in [3.8, 4) is 11.8 Å². The fourth-order valence-electron chi connectivity index (χ4n) is 2.25. The lowest BCUT2D eigenvalue weighted by Crippen LogP contribution is -2.18. The molecule has 0 unspecified atom stereocenters. The summed E-state index contributed by atoms with van der Waals surface area (Å²) in [6.07, 6.45) is 0. The number of anilines is 1. The van der Waals surface area contributed by atoms with E-state index in [9.17, 15) is 10.1 Å². The number of rotatable bonds is 5. The number of nitriles is 1. The molecular formula is C18H18N2O2. The first kappa shape index (κ1) is 15.6. The molecule has 0 radical (unpaired) electrons. The van der Waals surface area contributed by atoms with Gasteiger partial charge >= 0.3 is 0 Å². The molecule has 22 heavy (non-hydrogen) atoms. The first-order chi connectivity index (χ1) is 10.5. The molecule has 0 saturated carbocycles. The Balaban J connectivity index is 2.27. The summed E-state index contributed by atoms with van der Waals surface area (Å²) in [7, 11) is 3.54. The molecule has 0 aliphatic heterocycles. The van der Waals surface area contributed by atoms with Crippen molar-refractivity contribution in [3.05, 3.63) is 59.2 Å². The van der Waals surface area contributed by atoms with E-state index in [0.717, 1.165) is 17.0 Å². The lowest BCUT2D eigenvalue weighted by atomic mass is 10.1. The number of carbonyl (C=O) groups excluding carboxylic acids is 1. The van der Waals surface area contributed by atoms with Crippen molar-refractivity contribution >= 4 is 11.5 Å². The zero-order valence-electron chi connectivity index (χ0n) is 13.0. The number of ketones is 1. The average molecular weight is 294 g/mol. The normalized spacial score (nSPS) is 9.91. The summed E-state index contributed by atoms with van der Waals surface area (Å²) < 4.78 is 5.14. The van der Waals surface area contributed by atoms with Gasteiger partial charge in [-0.05, 0) is 42.8 Å². The molecule has 0 bridgehead atoms. The molecule has 0 atom stereocenters. The van der Waals surface area contributed by atoms with Crippen LogP contribution in [0.1, 0.15) is 28.4 Å². The minimum Gasteiger partial charge on any atom is -0.497 e. The molecule has 0 saturated heterocycles. The van der Waals surface area contributed by atoms with Crippen LogP contribution in [0, 0.1) is 11.3 Å². The van der Waals surface area contributed by atoms with Gasteiger partial charge in [-0.25, -0.2) is 0 Å². The largest absolute Gasteiger partial charge is 0.497 e. The number of benzene rings is 2. The van der Waals surface area contributed by atoms with Crippen molar-refractivity contribution < 1.29 is 9.53 Å². The second kappa shape index (κ2) is 6.77. The topological polar surface area (TPSA) is 53.3 Å². The van der Waals surface area contributed by atoms with Crippen LogP contribution in [0.2, 0.25) is 0 Å². The fraction of sp³-hybridized carbons (Fsp3) is 0.222. The monoisotopic (exact) mass is 294 g/mol. The number of methoxy groups -OCH3 is 1. The zero-order valence-corrected chi connectivity index (χ0v) is 13.0. The Labute approximate surface area is 130 Å². The Bertz CT molecular complexity index is 715. The fourth-order valence-corrected chi connectivity index (χ4v) is 2.25. The predicted molar refractivity (Wildman–Crippen MR) is 86.3 cm³/mol. The van der Waals surface area contributed by atoms with Crippen molar-refractivity contribution in [2.45, 2.75) is 13.5 Å². The highest BCUT2D eigenvalue weighted by Gasteiger charge is 2.11. The maximum absolute atomic E-state index is 11.5. The van der Waals surface area contributed by atoms with Crippen LogP contribution in [0.25, 0.3) is 0 Å². The molecule has 0 heterocycles. The van der Waals surface area contributed by atoms with Crippen molar-refractivity contribution in [1.29, 1.82) is 5.26 Å². The molecule has 112 valence electrons. The van der Waals surface area contributed by atoms with Crippen molar-refractivity contribution in [2.24, 2.45) is 0 Å². The molecule has 4 heteroatoms. The first-order valence-electron chi connectivity index (χ1n) is 6.94. The highest BCUT2D eigenvalue weighted by molar-refractivity contribution is 5.95. The molecule has 2 rings (SSSR count). The van der Waals surface area contributed by atoms with E-state index in [-0.39, 0.29) is 5.78 Å².